The van der Waals surface area contributed by atoms with Crippen LogP contribution in [-0.2, 0) is 12.6 Å². The molecule has 2 heterocycles. The van der Waals surface area contributed by atoms with Crippen LogP contribution in [0.15, 0.2) is 49.9 Å². The topological polar surface area (TPSA) is 77.2 Å². The Hall–Kier alpha value is -0.910. The molecule has 5 nitrogen and oxygen atoms in total. The normalized spacial score (nSPS) is 20.0. The average molecular weight is 592 g/mol. The Morgan fingerprint density at radius 2 is 1.81 bits per heavy atom. The minimum absolute atomic E-state index is 0.0483. The van der Waals surface area contributed by atoms with Crippen molar-refractivity contribution in [2.24, 2.45) is 1.36 Å². The average Bonchev–Trinajstić information content (AvgIpc) is 3.59. The second-order valence-electron chi connectivity index (χ2n) is 6.67. The molecule has 2 aromatic carbocycles. The number of rotatable bonds is 10. The van der Waals surface area contributed by atoms with Crippen molar-refractivity contribution in [2.75, 3.05) is 12.3 Å². The number of halogens is 2. The number of anilines is 1. The van der Waals surface area contributed by atoms with Crippen LogP contribution in [0.4, 0.5) is 5.69 Å². The summed E-state index contributed by atoms with van der Waals surface area (Å²) in [7, 11) is 0. The number of carbonyl (C=O) groups is 1. The molecular weight excluding hydrogens is 570 g/mol. The van der Waals surface area contributed by atoms with Gasteiger partial charge in [-0.15, -0.1) is 0 Å². The van der Waals surface area contributed by atoms with E-state index >= 15 is 0 Å². The van der Waals surface area contributed by atoms with Crippen molar-refractivity contribution in [2.45, 2.75) is 37.9 Å². The van der Waals surface area contributed by atoms with Crippen molar-refractivity contribution in [1.82, 2.24) is 0 Å². The van der Waals surface area contributed by atoms with Crippen LogP contribution in [0.5, 0.6) is 0 Å². The maximum absolute atomic E-state index is 11.7. The first-order chi connectivity index (χ1) is 13.2. The molecule has 0 bridgehead atoms. The second kappa shape index (κ2) is 9.06. The molecule has 0 radical (unpaired) electrons. The van der Waals surface area contributed by atoms with E-state index in [0.717, 1.165) is 30.5 Å². The molecule has 0 amide bonds. The predicted octanol–water partition coefficient (Wildman–Crippen LogP) is 5.94. The summed E-state index contributed by atoms with van der Waals surface area (Å²) in [5.41, 5.74) is 10.1. The number of hydrogen-bond acceptors (Lipinski definition) is 5. The zero-order chi connectivity index (χ0) is 18.6. The van der Waals surface area contributed by atoms with Crippen LogP contribution >= 0.6 is 33.6 Å². The standard InChI is InChI=1S/C20H22I2N2O3/c23-17-11-9-15(10-12-17)14-5-7-16(8-6-14)19(27-22-21-24-22)4-2-1-3-18(25)20-13-26-20/h5-12,19-20H,1-4,13,23H2. The van der Waals surface area contributed by atoms with Gasteiger partial charge in [-0.05, 0) is 0 Å². The fourth-order valence-electron chi connectivity index (χ4n) is 2.98. The number of hydrogen-bond donors (Lipinski definition) is 1. The van der Waals surface area contributed by atoms with E-state index < -0.39 is 16.5 Å². The maximum atomic E-state index is 11.7. The zero-order valence-electron chi connectivity index (χ0n) is 14.8. The van der Waals surface area contributed by atoms with Crippen molar-refractivity contribution >= 4 is 45.1 Å². The number of ketones is 1. The molecule has 1 fully saturated rings. The minimum atomic E-state index is -1.34. The molecule has 2 aromatic rings. The fourth-order valence-corrected chi connectivity index (χ4v) is 9.88. The third kappa shape index (κ3) is 5.78. The van der Waals surface area contributed by atoms with Gasteiger partial charge in [0.15, 0.2) is 0 Å². The SMILES string of the molecule is Nc1ccc(-c2ccc(C(CCCCC(=O)C3CO3)OI3N=I3)cc2)cc1. The van der Waals surface area contributed by atoms with Gasteiger partial charge in [-0.2, -0.15) is 0 Å². The number of epoxide rings is 1. The van der Waals surface area contributed by atoms with E-state index in [1.165, 1.54) is 11.1 Å². The number of nitrogen functional groups attached to an aromatic ring is 1. The van der Waals surface area contributed by atoms with Gasteiger partial charge in [0, 0.05) is 0 Å². The van der Waals surface area contributed by atoms with E-state index in [-0.39, 0.29) is 35.0 Å². The molecule has 2 N–H and O–H groups in total. The third-order valence-electron chi connectivity index (χ3n) is 4.66. The van der Waals surface area contributed by atoms with Crippen molar-refractivity contribution in [3.63, 3.8) is 0 Å². The van der Waals surface area contributed by atoms with Crippen molar-refractivity contribution in [3.05, 3.63) is 54.1 Å². The molecule has 7 heteroatoms. The van der Waals surface area contributed by atoms with Crippen LogP contribution in [0.2, 0.25) is 0 Å². The fraction of sp³-hybridized carbons (Fsp3) is 0.350. The van der Waals surface area contributed by atoms with Gasteiger partial charge in [0.2, 0.25) is 0 Å². The predicted molar refractivity (Wildman–Crippen MR) is 124 cm³/mol. The Labute approximate surface area is 173 Å². The monoisotopic (exact) mass is 592 g/mol. The van der Waals surface area contributed by atoms with E-state index in [1.54, 1.807) is 0 Å². The first-order valence-electron chi connectivity index (χ1n) is 9.03. The summed E-state index contributed by atoms with van der Waals surface area (Å²) in [6, 6.07) is 16.6. The molecule has 4 rings (SSSR count). The van der Waals surface area contributed by atoms with Crippen molar-refractivity contribution in [1.29, 1.82) is 0 Å². The summed E-state index contributed by atoms with van der Waals surface area (Å²) in [5.74, 6) is 0.249. The van der Waals surface area contributed by atoms with E-state index in [2.05, 4.69) is 25.6 Å². The van der Waals surface area contributed by atoms with Gasteiger partial charge >= 0.3 is 174 Å². The van der Waals surface area contributed by atoms with E-state index in [0.29, 0.717) is 13.0 Å². The second-order valence-corrected chi connectivity index (χ2v) is 18.6. The molecule has 27 heavy (non-hydrogen) atoms. The van der Waals surface area contributed by atoms with Crippen LogP contribution in [0.1, 0.15) is 37.4 Å². The molecule has 2 unspecified atom stereocenters. The van der Waals surface area contributed by atoms with Gasteiger partial charge in [-0.25, -0.2) is 0 Å². The number of unbranched alkanes of at least 4 members (excludes halogenated alkanes) is 1. The number of ether oxygens (including phenoxy) is 1. The number of carbonyl (C=O) groups excluding carboxylic acids is 1. The molecule has 2 aliphatic rings. The molecule has 0 aliphatic carbocycles. The number of benzene rings is 2. The summed E-state index contributed by atoms with van der Waals surface area (Å²) in [4.78, 5) is 11.7. The summed E-state index contributed by atoms with van der Waals surface area (Å²) in [6.07, 6.45) is 3.48. The molecule has 2 aliphatic heterocycles. The van der Waals surface area contributed by atoms with Crippen LogP contribution in [0, 0.1) is 0 Å². The molecule has 0 saturated carbocycles. The Kier molecular flexibility index (Phi) is 6.51. The van der Waals surface area contributed by atoms with Crippen molar-refractivity contribution in [3.8, 4) is 11.1 Å². The van der Waals surface area contributed by atoms with Crippen LogP contribution in [0.3, 0.4) is 0 Å². The Balaban J connectivity index is 1.35. The van der Waals surface area contributed by atoms with Crippen molar-refractivity contribution < 1.29 is 12.6 Å². The zero-order valence-corrected chi connectivity index (χ0v) is 19.1. The van der Waals surface area contributed by atoms with Gasteiger partial charge in [-0.3, -0.25) is 0 Å². The third-order valence-corrected chi connectivity index (χ3v) is 12.1. The quantitative estimate of drug-likeness (QED) is 0.160. The Morgan fingerprint density at radius 1 is 1.19 bits per heavy atom. The Bertz CT molecular complexity index is 814. The van der Waals surface area contributed by atoms with Gasteiger partial charge in [0.1, 0.15) is 0 Å². The summed E-state index contributed by atoms with van der Waals surface area (Å²) in [6.45, 7) is 0.615. The number of nitrogens with zero attached hydrogens (tertiary/aromatic N) is 1. The van der Waals surface area contributed by atoms with E-state index in [1.807, 2.05) is 24.3 Å². The number of nitrogens with two attached hydrogens (primary N) is 1. The van der Waals surface area contributed by atoms with Crippen LogP contribution < -0.4 is 5.73 Å². The summed E-state index contributed by atoms with van der Waals surface area (Å²) in [5, 5.41) is 0. The van der Waals surface area contributed by atoms with Crippen LogP contribution in [0.25, 0.3) is 11.1 Å². The van der Waals surface area contributed by atoms with Gasteiger partial charge in [-0.1, -0.05) is 0 Å². The molecular formula is C20H22I2N2O3. The summed E-state index contributed by atoms with van der Waals surface area (Å²) >= 11 is -1.29. The molecule has 144 valence electrons. The van der Waals surface area contributed by atoms with Gasteiger partial charge in [0.05, 0.1) is 0 Å². The molecule has 2 atom stereocenters. The van der Waals surface area contributed by atoms with E-state index in [4.69, 9.17) is 13.5 Å². The number of Topliss-reactive ketones (excluding diaryl/α,β-unsaturated/α-hetero) is 1. The molecule has 0 aromatic heterocycles. The Morgan fingerprint density at radius 3 is 2.41 bits per heavy atom. The van der Waals surface area contributed by atoms with Gasteiger partial charge in [0.25, 0.3) is 0 Å². The first kappa shape index (κ1) is 19.4. The molecule has 1 saturated heterocycles. The summed E-state index contributed by atoms with van der Waals surface area (Å²) < 4.78 is 15.8. The van der Waals surface area contributed by atoms with Crippen LogP contribution in [-0.4, -0.2) is 18.5 Å². The first-order valence-corrected chi connectivity index (χ1v) is 18.1. The van der Waals surface area contributed by atoms with Gasteiger partial charge < -0.3 is 0 Å². The van der Waals surface area contributed by atoms with E-state index in [9.17, 15) is 4.79 Å². The molecule has 0 spiro atoms.